The zero-order valence-electron chi connectivity index (χ0n) is 11.8. The van der Waals surface area contributed by atoms with E-state index in [2.05, 4.69) is 0 Å². The lowest BCUT2D eigenvalue weighted by atomic mass is 10.1. The Morgan fingerprint density at radius 2 is 1.62 bits per heavy atom. The van der Waals surface area contributed by atoms with Crippen LogP contribution in [0.4, 0.5) is 13.2 Å². The summed E-state index contributed by atoms with van der Waals surface area (Å²) in [4.78, 5) is 0. The van der Waals surface area contributed by atoms with Crippen molar-refractivity contribution in [2.45, 2.75) is 38.2 Å². The molecule has 1 aromatic rings. The van der Waals surface area contributed by atoms with Gasteiger partial charge in [-0.2, -0.15) is 13.2 Å². The molecule has 0 bridgehead atoms. The van der Waals surface area contributed by atoms with Crippen LogP contribution in [0.5, 0.6) is 11.5 Å². The van der Waals surface area contributed by atoms with Crippen LogP contribution in [-0.4, -0.2) is 19.4 Å². The first-order valence-electron chi connectivity index (χ1n) is 6.58. The maximum Gasteiger partial charge on any atom is 0.389 e. The normalized spacial score (nSPS) is 13.1. The lowest BCUT2D eigenvalue weighted by Crippen LogP contribution is -2.08. The number of halogens is 5. The molecule has 21 heavy (non-hydrogen) atoms. The van der Waals surface area contributed by atoms with E-state index in [4.69, 9.17) is 32.7 Å². The van der Waals surface area contributed by atoms with Crippen LogP contribution in [0, 0.1) is 0 Å². The molecule has 0 radical (unpaired) electrons. The molecule has 120 valence electrons. The molecular formula is C14H17Cl2F3O2. The van der Waals surface area contributed by atoms with Crippen LogP contribution in [-0.2, 0) is 0 Å². The van der Waals surface area contributed by atoms with Crippen LogP contribution in [0.15, 0.2) is 12.1 Å². The molecule has 1 aromatic carbocycles. The van der Waals surface area contributed by atoms with Gasteiger partial charge < -0.3 is 9.47 Å². The van der Waals surface area contributed by atoms with Gasteiger partial charge in [0.1, 0.15) is 0 Å². The summed E-state index contributed by atoms with van der Waals surface area (Å²) < 4.78 is 47.6. The quantitative estimate of drug-likeness (QED) is 0.585. The molecule has 0 N–H and O–H groups in total. The molecule has 0 heterocycles. The zero-order valence-corrected chi connectivity index (χ0v) is 13.3. The van der Waals surface area contributed by atoms with E-state index in [1.54, 1.807) is 13.0 Å². The minimum Gasteiger partial charge on any atom is -0.490 e. The summed E-state index contributed by atoms with van der Waals surface area (Å²) in [5.74, 6) is 0.879. The number of hydrogen-bond acceptors (Lipinski definition) is 2. The van der Waals surface area contributed by atoms with Crippen LogP contribution in [0.1, 0.15) is 37.6 Å². The van der Waals surface area contributed by atoms with E-state index in [1.807, 2.05) is 6.92 Å². The van der Waals surface area contributed by atoms with E-state index < -0.39 is 18.0 Å². The zero-order chi connectivity index (χ0) is 16.0. The fourth-order valence-electron chi connectivity index (χ4n) is 1.77. The number of benzene rings is 1. The van der Waals surface area contributed by atoms with Crippen molar-refractivity contribution in [3.63, 3.8) is 0 Å². The first-order chi connectivity index (χ1) is 9.78. The van der Waals surface area contributed by atoms with Gasteiger partial charge in [-0.15, -0.1) is 11.6 Å². The van der Waals surface area contributed by atoms with Crippen molar-refractivity contribution >= 4 is 23.2 Å². The minimum absolute atomic E-state index is 0.246. The second kappa shape index (κ2) is 7.99. The third kappa shape index (κ3) is 5.83. The summed E-state index contributed by atoms with van der Waals surface area (Å²) in [6.07, 6.45) is -5.45. The predicted molar refractivity (Wildman–Crippen MR) is 77.7 cm³/mol. The van der Waals surface area contributed by atoms with Gasteiger partial charge in [0, 0.05) is 17.5 Å². The molecule has 0 aromatic heterocycles. The Hall–Kier alpha value is -0.810. The van der Waals surface area contributed by atoms with Crippen LogP contribution < -0.4 is 9.47 Å². The molecule has 0 saturated heterocycles. The summed E-state index contributed by atoms with van der Waals surface area (Å²) in [6, 6.07) is 3.07. The van der Waals surface area contributed by atoms with Crippen LogP contribution >= 0.6 is 23.2 Å². The molecule has 2 nitrogen and oxygen atoms in total. The standard InChI is InChI=1S/C14H17Cl2F3O2/c1-3-20-12-7-9(10(15)5-6-14(17,18)19)11(16)8-13(12)21-4-2/h7-8,10H,3-6H2,1-2H3. The molecule has 0 amide bonds. The number of ether oxygens (including phenoxy) is 2. The van der Waals surface area contributed by atoms with E-state index >= 15 is 0 Å². The maximum absolute atomic E-state index is 12.3. The van der Waals surface area contributed by atoms with Crippen LogP contribution in [0.2, 0.25) is 5.02 Å². The average molecular weight is 345 g/mol. The van der Waals surface area contributed by atoms with Gasteiger partial charge in [-0.3, -0.25) is 0 Å². The molecule has 0 spiro atoms. The second-order valence-corrected chi connectivity index (χ2v) is 5.24. The lowest BCUT2D eigenvalue weighted by Gasteiger charge is -2.17. The van der Waals surface area contributed by atoms with Crippen LogP contribution in [0.3, 0.4) is 0 Å². The van der Waals surface area contributed by atoms with E-state index in [0.29, 0.717) is 30.3 Å². The third-order valence-corrected chi connectivity index (χ3v) is 3.46. The highest BCUT2D eigenvalue weighted by Crippen LogP contribution is 2.40. The number of hydrogen-bond donors (Lipinski definition) is 0. The van der Waals surface area contributed by atoms with Gasteiger partial charge in [0.2, 0.25) is 0 Å². The number of rotatable bonds is 7. The van der Waals surface area contributed by atoms with Gasteiger partial charge >= 0.3 is 6.18 Å². The molecule has 0 fully saturated rings. The Balaban J connectivity index is 2.98. The Bertz CT molecular complexity index is 464. The van der Waals surface area contributed by atoms with Gasteiger partial charge in [0.15, 0.2) is 11.5 Å². The molecule has 0 aliphatic rings. The third-order valence-electron chi connectivity index (χ3n) is 2.68. The van der Waals surface area contributed by atoms with Crippen molar-refractivity contribution < 1.29 is 22.6 Å². The predicted octanol–water partition coefficient (Wildman–Crippen LogP) is 5.76. The monoisotopic (exact) mass is 344 g/mol. The Morgan fingerprint density at radius 3 is 2.10 bits per heavy atom. The molecule has 1 atom stereocenters. The maximum atomic E-state index is 12.3. The molecular weight excluding hydrogens is 328 g/mol. The average Bonchev–Trinajstić information content (AvgIpc) is 2.38. The van der Waals surface area contributed by atoms with Gasteiger partial charge in [-0.1, -0.05) is 11.6 Å². The van der Waals surface area contributed by atoms with Crippen molar-refractivity contribution in [1.82, 2.24) is 0 Å². The molecule has 1 rings (SSSR count). The van der Waals surface area contributed by atoms with Crippen molar-refractivity contribution in [2.75, 3.05) is 13.2 Å². The Kier molecular flexibility index (Phi) is 6.94. The fourth-order valence-corrected chi connectivity index (χ4v) is 2.40. The van der Waals surface area contributed by atoms with E-state index in [9.17, 15) is 13.2 Å². The summed E-state index contributed by atoms with van der Waals surface area (Å²) >= 11 is 12.1. The van der Waals surface area contributed by atoms with E-state index in [0.717, 1.165) is 0 Å². The summed E-state index contributed by atoms with van der Waals surface area (Å²) in [5, 5.41) is -0.571. The lowest BCUT2D eigenvalue weighted by molar-refractivity contribution is -0.135. The van der Waals surface area contributed by atoms with E-state index in [-0.39, 0.29) is 11.4 Å². The summed E-state index contributed by atoms with van der Waals surface area (Å²) in [7, 11) is 0. The van der Waals surface area contributed by atoms with Gasteiger partial charge in [-0.25, -0.2) is 0 Å². The van der Waals surface area contributed by atoms with Crippen molar-refractivity contribution in [1.29, 1.82) is 0 Å². The van der Waals surface area contributed by atoms with Gasteiger partial charge in [0.05, 0.1) is 18.6 Å². The van der Waals surface area contributed by atoms with Gasteiger partial charge in [-0.05, 0) is 31.9 Å². The Labute approximate surface area is 132 Å². The molecule has 0 aliphatic carbocycles. The van der Waals surface area contributed by atoms with Crippen molar-refractivity contribution in [3.8, 4) is 11.5 Å². The smallest absolute Gasteiger partial charge is 0.389 e. The Morgan fingerprint density at radius 1 is 1.10 bits per heavy atom. The van der Waals surface area contributed by atoms with E-state index in [1.165, 1.54) is 6.07 Å². The first kappa shape index (κ1) is 18.2. The molecule has 0 aliphatic heterocycles. The highest BCUT2D eigenvalue weighted by atomic mass is 35.5. The summed E-state index contributed by atoms with van der Waals surface area (Å²) in [5.41, 5.74) is 0.412. The molecule has 7 heteroatoms. The minimum atomic E-state index is -4.24. The topological polar surface area (TPSA) is 18.5 Å². The van der Waals surface area contributed by atoms with Crippen LogP contribution in [0.25, 0.3) is 0 Å². The van der Waals surface area contributed by atoms with Crippen molar-refractivity contribution in [3.05, 3.63) is 22.7 Å². The molecule has 0 saturated carbocycles. The number of alkyl halides is 4. The SMILES string of the molecule is CCOc1cc(Cl)c(C(Cl)CCC(F)(F)F)cc1OCC. The summed E-state index contributed by atoms with van der Waals surface area (Å²) in [6.45, 7) is 4.43. The highest BCUT2D eigenvalue weighted by molar-refractivity contribution is 6.33. The largest absolute Gasteiger partial charge is 0.490 e. The fraction of sp³-hybridized carbons (Fsp3) is 0.571. The molecule has 1 unspecified atom stereocenters. The van der Waals surface area contributed by atoms with Crippen molar-refractivity contribution in [2.24, 2.45) is 0 Å². The highest BCUT2D eigenvalue weighted by Gasteiger charge is 2.29. The first-order valence-corrected chi connectivity index (χ1v) is 7.39. The second-order valence-electron chi connectivity index (χ2n) is 4.31. The van der Waals surface area contributed by atoms with Gasteiger partial charge in [0.25, 0.3) is 0 Å².